The second-order valence-electron chi connectivity index (χ2n) is 4.62. The molecule has 2 aromatic rings. The van der Waals surface area contributed by atoms with Crippen LogP contribution in [0.3, 0.4) is 0 Å². The van der Waals surface area contributed by atoms with Crippen LogP contribution in [0.2, 0.25) is 5.02 Å². The van der Waals surface area contributed by atoms with Crippen molar-refractivity contribution in [3.05, 3.63) is 70.5 Å². The summed E-state index contributed by atoms with van der Waals surface area (Å²) < 4.78 is 13.6. The maximum atomic E-state index is 13.6. The molecule has 1 atom stereocenters. The summed E-state index contributed by atoms with van der Waals surface area (Å²) in [4.78, 5) is 0. The molecular formula is C16H17ClFN. The van der Waals surface area contributed by atoms with Gasteiger partial charge >= 0.3 is 0 Å². The van der Waals surface area contributed by atoms with Crippen molar-refractivity contribution < 1.29 is 4.39 Å². The van der Waals surface area contributed by atoms with E-state index in [2.05, 4.69) is 12.1 Å². The minimum absolute atomic E-state index is 0.201. The Labute approximate surface area is 118 Å². The molecular weight excluding hydrogens is 261 g/mol. The molecule has 0 radical (unpaired) electrons. The highest BCUT2D eigenvalue weighted by Crippen LogP contribution is 2.23. The predicted molar refractivity (Wildman–Crippen MR) is 78.0 cm³/mol. The average Bonchev–Trinajstić information content (AvgIpc) is 2.44. The second-order valence-corrected chi connectivity index (χ2v) is 5.05. The maximum absolute atomic E-state index is 13.6. The van der Waals surface area contributed by atoms with Crippen molar-refractivity contribution in [2.24, 2.45) is 5.73 Å². The summed E-state index contributed by atoms with van der Waals surface area (Å²) in [7, 11) is 0. The standard InChI is InChI=1S/C16H17ClFN/c17-15-8-9-16(18)13(10-15)6-7-14(11-19)12-4-2-1-3-5-12/h1-5,8-10,14H,6-7,11,19H2. The Hall–Kier alpha value is -1.38. The molecule has 0 saturated heterocycles. The molecule has 0 aliphatic heterocycles. The zero-order chi connectivity index (χ0) is 13.7. The van der Waals surface area contributed by atoms with E-state index in [0.29, 0.717) is 23.6 Å². The molecule has 0 aliphatic carbocycles. The Bertz CT molecular complexity index is 528. The topological polar surface area (TPSA) is 26.0 Å². The first-order chi connectivity index (χ1) is 9.20. The van der Waals surface area contributed by atoms with E-state index in [1.165, 1.54) is 11.6 Å². The van der Waals surface area contributed by atoms with Gasteiger partial charge < -0.3 is 5.73 Å². The Morgan fingerprint density at radius 3 is 2.53 bits per heavy atom. The van der Waals surface area contributed by atoms with Crippen molar-refractivity contribution in [3.63, 3.8) is 0 Å². The monoisotopic (exact) mass is 277 g/mol. The Morgan fingerprint density at radius 1 is 1.11 bits per heavy atom. The first-order valence-electron chi connectivity index (χ1n) is 6.39. The van der Waals surface area contributed by atoms with Gasteiger partial charge in [0, 0.05) is 5.02 Å². The number of halogens is 2. The van der Waals surface area contributed by atoms with Gasteiger partial charge in [-0.25, -0.2) is 4.39 Å². The third-order valence-corrected chi connectivity index (χ3v) is 3.56. The second kappa shape index (κ2) is 6.69. The van der Waals surface area contributed by atoms with Gasteiger partial charge in [0.05, 0.1) is 0 Å². The summed E-state index contributed by atoms with van der Waals surface area (Å²) in [6.07, 6.45) is 1.46. The lowest BCUT2D eigenvalue weighted by Gasteiger charge is -2.15. The summed E-state index contributed by atoms with van der Waals surface area (Å²) in [6, 6.07) is 14.8. The smallest absolute Gasteiger partial charge is 0.126 e. The van der Waals surface area contributed by atoms with Crippen LogP contribution >= 0.6 is 11.6 Å². The quantitative estimate of drug-likeness (QED) is 0.873. The molecule has 3 heteroatoms. The first-order valence-corrected chi connectivity index (χ1v) is 6.77. The highest BCUT2D eigenvalue weighted by Gasteiger charge is 2.11. The van der Waals surface area contributed by atoms with Crippen molar-refractivity contribution in [2.75, 3.05) is 6.54 Å². The minimum atomic E-state index is -0.201. The van der Waals surface area contributed by atoms with Crippen molar-refractivity contribution in [1.82, 2.24) is 0 Å². The molecule has 0 amide bonds. The van der Waals surface area contributed by atoms with Gasteiger partial charge in [-0.1, -0.05) is 41.9 Å². The molecule has 2 aromatic carbocycles. The molecule has 100 valence electrons. The van der Waals surface area contributed by atoms with Crippen LogP contribution in [-0.4, -0.2) is 6.54 Å². The van der Waals surface area contributed by atoms with Gasteiger partial charge in [-0.2, -0.15) is 0 Å². The van der Waals surface area contributed by atoms with Gasteiger partial charge in [-0.05, 0) is 54.6 Å². The Kier molecular flexibility index (Phi) is 4.94. The lowest BCUT2D eigenvalue weighted by Crippen LogP contribution is -2.13. The van der Waals surface area contributed by atoms with Gasteiger partial charge in [0.15, 0.2) is 0 Å². The van der Waals surface area contributed by atoms with Crippen LogP contribution in [-0.2, 0) is 6.42 Å². The summed E-state index contributed by atoms with van der Waals surface area (Å²) in [5.74, 6) is 0.0489. The molecule has 0 aliphatic rings. The van der Waals surface area contributed by atoms with Gasteiger partial charge in [-0.3, -0.25) is 0 Å². The van der Waals surface area contributed by atoms with E-state index < -0.39 is 0 Å². The van der Waals surface area contributed by atoms with Gasteiger partial charge in [0.25, 0.3) is 0 Å². The lowest BCUT2D eigenvalue weighted by molar-refractivity contribution is 0.582. The molecule has 1 nitrogen and oxygen atoms in total. The number of nitrogens with two attached hydrogens (primary N) is 1. The van der Waals surface area contributed by atoms with E-state index in [9.17, 15) is 4.39 Å². The fourth-order valence-electron chi connectivity index (χ4n) is 2.21. The molecule has 0 saturated carbocycles. The molecule has 1 unspecified atom stereocenters. The summed E-state index contributed by atoms with van der Waals surface area (Å²) in [6.45, 7) is 0.562. The zero-order valence-corrected chi connectivity index (χ0v) is 11.4. The van der Waals surface area contributed by atoms with E-state index in [1.807, 2.05) is 18.2 Å². The Morgan fingerprint density at radius 2 is 1.84 bits per heavy atom. The van der Waals surface area contributed by atoms with Crippen molar-refractivity contribution in [2.45, 2.75) is 18.8 Å². The molecule has 2 N–H and O–H groups in total. The highest BCUT2D eigenvalue weighted by atomic mass is 35.5. The largest absolute Gasteiger partial charge is 0.330 e. The molecule has 0 spiro atoms. The van der Waals surface area contributed by atoms with Crippen LogP contribution < -0.4 is 5.73 Å². The van der Waals surface area contributed by atoms with Crippen LogP contribution in [0.5, 0.6) is 0 Å². The third-order valence-electron chi connectivity index (χ3n) is 3.33. The van der Waals surface area contributed by atoms with Crippen molar-refractivity contribution in [3.8, 4) is 0 Å². The van der Waals surface area contributed by atoms with Crippen LogP contribution in [0.15, 0.2) is 48.5 Å². The van der Waals surface area contributed by atoms with E-state index in [1.54, 1.807) is 12.1 Å². The molecule has 19 heavy (non-hydrogen) atoms. The number of rotatable bonds is 5. The predicted octanol–water partition coefficient (Wildman–Crippen LogP) is 4.15. The molecule has 0 fully saturated rings. The number of hydrogen-bond acceptors (Lipinski definition) is 1. The molecule has 0 heterocycles. The molecule has 0 bridgehead atoms. The SMILES string of the molecule is NCC(CCc1cc(Cl)ccc1F)c1ccccc1. The van der Waals surface area contributed by atoms with Gasteiger partial charge in [0.2, 0.25) is 0 Å². The number of aryl methyl sites for hydroxylation is 1. The molecule has 0 aromatic heterocycles. The Balaban J connectivity index is 2.06. The summed E-state index contributed by atoms with van der Waals surface area (Å²) in [5.41, 5.74) is 7.67. The summed E-state index contributed by atoms with van der Waals surface area (Å²) in [5, 5.41) is 0.570. The van der Waals surface area contributed by atoms with E-state index in [-0.39, 0.29) is 11.7 Å². The summed E-state index contributed by atoms with van der Waals surface area (Å²) >= 11 is 5.89. The first kappa shape index (κ1) is 14.0. The molecule has 2 rings (SSSR count). The van der Waals surface area contributed by atoms with Crippen LogP contribution in [0.4, 0.5) is 4.39 Å². The normalized spacial score (nSPS) is 12.4. The maximum Gasteiger partial charge on any atom is 0.126 e. The fraction of sp³-hybridized carbons (Fsp3) is 0.250. The van der Waals surface area contributed by atoms with Gasteiger partial charge in [0.1, 0.15) is 5.82 Å². The van der Waals surface area contributed by atoms with Crippen LogP contribution in [0.25, 0.3) is 0 Å². The number of hydrogen-bond donors (Lipinski definition) is 1. The van der Waals surface area contributed by atoms with Crippen molar-refractivity contribution >= 4 is 11.6 Å². The minimum Gasteiger partial charge on any atom is -0.330 e. The van der Waals surface area contributed by atoms with Crippen LogP contribution in [0.1, 0.15) is 23.5 Å². The zero-order valence-electron chi connectivity index (χ0n) is 10.7. The van der Waals surface area contributed by atoms with Crippen molar-refractivity contribution in [1.29, 1.82) is 0 Å². The van der Waals surface area contributed by atoms with E-state index in [4.69, 9.17) is 17.3 Å². The highest BCUT2D eigenvalue weighted by molar-refractivity contribution is 6.30. The van der Waals surface area contributed by atoms with E-state index in [0.717, 1.165) is 6.42 Å². The van der Waals surface area contributed by atoms with Gasteiger partial charge in [-0.15, -0.1) is 0 Å². The average molecular weight is 278 g/mol. The van der Waals surface area contributed by atoms with Crippen LogP contribution in [0, 0.1) is 5.82 Å². The number of benzene rings is 2. The lowest BCUT2D eigenvalue weighted by atomic mass is 9.92. The fourth-order valence-corrected chi connectivity index (χ4v) is 2.41. The van der Waals surface area contributed by atoms with E-state index >= 15 is 0 Å². The third kappa shape index (κ3) is 3.79.